The van der Waals surface area contributed by atoms with Crippen molar-refractivity contribution < 1.29 is 4.39 Å². The van der Waals surface area contributed by atoms with Gasteiger partial charge in [0.2, 0.25) is 0 Å². The Labute approximate surface area is 114 Å². The molecule has 2 nitrogen and oxygen atoms in total. The number of benzene rings is 1. The minimum Gasteiger partial charge on any atom is -0.309 e. The maximum Gasteiger partial charge on any atom is 0.124 e. The first-order valence-corrected chi connectivity index (χ1v) is 6.87. The molecule has 0 bridgehead atoms. The summed E-state index contributed by atoms with van der Waals surface area (Å²) in [5.41, 5.74) is 0.942. The van der Waals surface area contributed by atoms with Crippen LogP contribution in [-0.2, 0) is 0 Å². The van der Waals surface area contributed by atoms with Crippen LogP contribution in [0.4, 0.5) is 4.39 Å². The van der Waals surface area contributed by atoms with Gasteiger partial charge in [0.1, 0.15) is 5.82 Å². The molecule has 0 aliphatic carbocycles. The Hall–Kier alpha value is -0.640. The number of hydrogen-bond donors (Lipinski definition) is 1. The lowest BCUT2D eigenvalue weighted by atomic mass is 10.1. The van der Waals surface area contributed by atoms with Crippen LogP contribution in [0, 0.1) is 5.82 Å². The molecule has 0 heterocycles. The van der Waals surface area contributed by atoms with Gasteiger partial charge in [-0.15, -0.1) is 0 Å². The van der Waals surface area contributed by atoms with Gasteiger partial charge in [-0.3, -0.25) is 0 Å². The van der Waals surface area contributed by atoms with Crippen molar-refractivity contribution in [1.29, 1.82) is 0 Å². The highest BCUT2D eigenvalue weighted by Gasteiger charge is 2.10. The lowest BCUT2D eigenvalue weighted by molar-refractivity contribution is 0.298. The van der Waals surface area contributed by atoms with Crippen LogP contribution in [0.2, 0.25) is 5.02 Å². The standard InChI is InChI=1S/C14H22ClFN2/c1-4-18(5-2)9-8-17-11(3)13-7-6-12(16)10-14(13)15/h6-7,10-11,17H,4-5,8-9H2,1-3H3. The highest BCUT2D eigenvalue weighted by molar-refractivity contribution is 6.31. The van der Waals surface area contributed by atoms with Gasteiger partial charge >= 0.3 is 0 Å². The number of nitrogens with one attached hydrogen (secondary N) is 1. The average Bonchev–Trinajstić information content (AvgIpc) is 2.34. The molecule has 0 aromatic heterocycles. The van der Waals surface area contributed by atoms with Crippen molar-refractivity contribution in [2.75, 3.05) is 26.2 Å². The van der Waals surface area contributed by atoms with Crippen molar-refractivity contribution in [2.45, 2.75) is 26.8 Å². The molecular formula is C14H22ClFN2. The van der Waals surface area contributed by atoms with E-state index in [4.69, 9.17) is 11.6 Å². The first kappa shape index (κ1) is 15.4. The Balaban J connectivity index is 2.47. The van der Waals surface area contributed by atoms with Crippen molar-refractivity contribution in [3.8, 4) is 0 Å². The van der Waals surface area contributed by atoms with Gasteiger partial charge in [0, 0.05) is 24.2 Å². The summed E-state index contributed by atoms with van der Waals surface area (Å²) in [4.78, 5) is 2.35. The molecule has 1 aromatic carbocycles. The summed E-state index contributed by atoms with van der Waals surface area (Å²) in [6.07, 6.45) is 0. The predicted octanol–water partition coefficient (Wildman–Crippen LogP) is 3.47. The summed E-state index contributed by atoms with van der Waals surface area (Å²) in [6, 6.07) is 4.68. The molecule has 18 heavy (non-hydrogen) atoms. The summed E-state index contributed by atoms with van der Waals surface area (Å²) in [6.45, 7) is 10.4. The van der Waals surface area contributed by atoms with Crippen LogP contribution in [0.3, 0.4) is 0 Å². The van der Waals surface area contributed by atoms with Crippen molar-refractivity contribution in [3.63, 3.8) is 0 Å². The topological polar surface area (TPSA) is 15.3 Å². The Kier molecular flexibility index (Phi) is 6.61. The lowest BCUT2D eigenvalue weighted by Crippen LogP contribution is -2.33. The molecule has 1 rings (SSSR count). The van der Waals surface area contributed by atoms with Gasteiger partial charge in [-0.1, -0.05) is 31.5 Å². The summed E-state index contributed by atoms with van der Waals surface area (Å²) in [7, 11) is 0. The van der Waals surface area contributed by atoms with Crippen molar-refractivity contribution >= 4 is 11.6 Å². The maximum atomic E-state index is 12.9. The number of hydrogen-bond acceptors (Lipinski definition) is 2. The molecule has 0 amide bonds. The van der Waals surface area contributed by atoms with Crippen LogP contribution in [-0.4, -0.2) is 31.1 Å². The average molecular weight is 273 g/mol. The molecule has 4 heteroatoms. The third kappa shape index (κ3) is 4.56. The van der Waals surface area contributed by atoms with Gasteiger partial charge in [-0.2, -0.15) is 0 Å². The highest BCUT2D eigenvalue weighted by atomic mass is 35.5. The molecular weight excluding hydrogens is 251 g/mol. The molecule has 1 N–H and O–H groups in total. The van der Waals surface area contributed by atoms with Crippen LogP contribution in [0.1, 0.15) is 32.4 Å². The molecule has 1 aromatic rings. The molecule has 102 valence electrons. The SMILES string of the molecule is CCN(CC)CCNC(C)c1ccc(F)cc1Cl. The predicted molar refractivity (Wildman–Crippen MR) is 75.6 cm³/mol. The van der Waals surface area contributed by atoms with Gasteiger partial charge in [-0.25, -0.2) is 4.39 Å². The zero-order chi connectivity index (χ0) is 13.5. The molecule has 0 saturated heterocycles. The molecule has 0 aliphatic rings. The van der Waals surface area contributed by atoms with E-state index in [1.807, 2.05) is 6.92 Å². The quantitative estimate of drug-likeness (QED) is 0.818. The summed E-state index contributed by atoms with van der Waals surface area (Å²) < 4.78 is 12.9. The monoisotopic (exact) mass is 272 g/mol. The third-order valence-electron chi connectivity index (χ3n) is 3.20. The molecule has 0 aliphatic heterocycles. The Morgan fingerprint density at radius 1 is 1.33 bits per heavy atom. The van der Waals surface area contributed by atoms with Crippen LogP contribution in [0.15, 0.2) is 18.2 Å². The van der Waals surface area contributed by atoms with Crippen LogP contribution in [0.5, 0.6) is 0 Å². The first-order valence-electron chi connectivity index (χ1n) is 6.49. The fraction of sp³-hybridized carbons (Fsp3) is 0.571. The minimum atomic E-state index is -0.293. The maximum absolute atomic E-state index is 12.9. The zero-order valence-corrected chi connectivity index (χ0v) is 12.1. The summed E-state index contributed by atoms with van der Waals surface area (Å²) in [5, 5.41) is 3.89. The van der Waals surface area contributed by atoms with E-state index >= 15 is 0 Å². The molecule has 0 fully saturated rings. The minimum absolute atomic E-state index is 0.133. The number of rotatable bonds is 7. The van der Waals surface area contributed by atoms with E-state index in [1.54, 1.807) is 6.07 Å². The molecule has 0 saturated carbocycles. The van der Waals surface area contributed by atoms with Crippen molar-refractivity contribution in [1.82, 2.24) is 10.2 Å². The van der Waals surface area contributed by atoms with Crippen molar-refractivity contribution in [3.05, 3.63) is 34.6 Å². The van der Waals surface area contributed by atoms with Gasteiger partial charge in [0.05, 0.1) is 0 Å². The smallest absolute Gasteiger partial charge is 0.124 e. The van der Waals surface area contributed by atoms with Gasteiger partial charge in [-0.05, 0) is 37.7 Å². The summed E-state index contributed by atoms with van der Waals surface area (Å²) in [5.74, 6) is -0.293. The van der Waals surface area contributed by atoms with E-state index < -0.39 is 0 Å². The number of likely N-dealkylation sites (N-methyl/N-ethyl adjacent to an activating group) is 1. The second-order valence-electron chi connectivity index (χ2n) is 4.37. The van der Waals surface area contributed by atoms with Gasteiger partial charge < -0.3 is 10.2 Å². The van der Waals surface area contributed by atoms with E-state index in [-0.39, 0.29) is 11.9 Å². The van der Waals surface area contributed by atoms with E-state index in [2.05, 4.69) is 24.1 Å². The fourth-order valence-electron chi connectivity index (χ4n) is 1.94. The van der Waals surface area contributed by atoms with Gasteiger partial charge in [0.25, 0.3) is 0 Å². The second kappa shape index (κ2) is 7.72. The Bertz CT molecular complexity index is 367. The Morgan fingerprint density at radius 2 is 2.00 bits per heavy atom. The first-order chi connectivity index (χ1) is 8.58. The van der Waals surface area contributed by atoms with E-state index in [9.17, 15) is 4.39 Å². The van der Waals surface area contributed by atoms with Gasteiger partial charge in [0.15, 0.2) is 0 Å². The van der Waals surface area contributed by atoms with E-state index in [0.29, 0.717) is 5.02 Å². The van der Waals surface area contributed by atoms with Crippen LogP contribution in [0.25, 0.3) is 0 Å². The fourth-order valence-corrected chi connectivity index (χ4v) is 2.27. The second-order valence-corrected chi connectivity index (χ2v) is 4.78. The molecule has 1 atom stereocenters. The van der Waals surface area contributed by atoms with Crippen LogP contribution >= 0.6 is 11.6 Å². The van der Waals surface area contributed by atoms with E-state index in [0.717, 1.165) is 31.7 Å². The largest absolute Gasteiger partial charge is 0.309 e. The number of halogens is 2. The summed E-state index contributed by atoms with van der Waals surface area (Å²) >= 11 is 6.03. The third-order valence-corrected chi connectivity index (χ3v) is 3.53. The zero-order valence-electron chi connectivity index (χ0n) is 11.3. The van der Waals surface area contributed by atoms with Crippen molar-refractivity contribution in [2.24, 2.45) is 0 Å². The Morgan fingerprint density at radius 3 is 2.56 bits per heavy atom. The molecule has 0 radical (unpaired) electrons. The number of nitrogens with zero attached hydrogens (tertiary/aromatic N) is 1. The lowest BCUT2D eigenvalue weighted by Gasteiger charge is -2.21. The normalized spacial score (nSPS) is 13.0. The molecule has 1 unspecified atom stereocenters. The molecule has 0 spiro atoms. The highest BCUT2D eigenvalue weighted by Crippen LogP contribution is 2.23. The van der Waals surface area contributed by atoms with E-state index in [1.165, 1.54) is 12.1 Å². The van der Waals surface area contributed by atoms with Crippen LogP contribution < -0.4 is 5.32 Å².